The Labute approximate surface area is 137 Å². The fourth-order valence-corrected chi connectivity index (χ4v) is 2.36. The summed E-state index contributed by atoms with van der Waals surface area (Å²) < 4.78 is 1.04. The average molecular weight is 352 g/mol. The van der Waals surface area contributed by atoms with Gasteiger partial charge in [0, 0.05) is 17.1 Å². The topological polar surface area (TPSA) is 29.1 Å². The summed E-state index contributed by atoms with van der Waals surface area (Å²) in [6.07, 6.45) is 12.3. The molecular weight excluding hydrogens is 326 g/mol. The number of nitrogens with one attached hydrogen (secondary N) is 1. The predicted octanol–water partition coefficient (Wildman–Crippen LogP) is 5.33. The first-order chi connectivity index (χ1) is 10.2. The second-order valence-corrected chi connectivity index (χ2v) is 6.21. The van der Waals surface area contributed by atoms with Crippen LogP contribution < -0.4 is 5.32 Å². The Morgan fingerprint density at radius 3 is 2.33 bits per heavy atom. The van der Waals surface area contributed by atoms with Crippen LogP contribution in [0.3, 0.4) is 0 Å². The highest BCUT2D eigenvalue weighted by molar-refractivity contribution is 9.10. The van der Waals surface area contributed by atoms with Gasteiger partial charge in [0.05, 0.1) is 0 Å². The summed E-state index contributed by atoms with van der Waals surface area (Å²) >= 11 is 3.39. The standard InChI is InChI=1S/C18H26BrNO/c1-2-3-4-5-6-7-8-15-20-18(21)14-11-16-9-12-17(19)13-10-16/h9-14H,2-8,15H2,1H3,(H,20,21). The second-order valence-electron chi connectivity index (χ2n) is 5.30. The largest absolute Gasteiger partial charge is 0.353 e. The Hall–Kier alpha value is -1.09. The molecule has 2 nitrogen and oxygen atoms in total. The lowest BCUT2D eigenvalue weighted by atomic mass is 10.1. The second kappa shape index (κ2) is 11.6. The zero-order valence-corrected chi connectivity index (χ0v) is 14.5. The normalized spacial score (nSPS) is 11.0. The molecule has 0 aliphatic heterocycles. The van der Waals surface area contributed by atoms with Gasteiger partial charge in [0.25, 0.3) is 0 Å². The van der Waals surface area contributed by atoms with Crippen LogP contribution in [0.1, 0.15) is 57.4 Å². The van der Waals surface area contributed by atoms with Gasteiger partial charge < -0.3 is 5.32 Å². The van der Waals surface area contributed by atoms with E-state index in [0.29, 0.717) is 0 Å². The first-order valence-electron chi connectivity index (χ1n) is 7.94. The maximum absolute atomic E-state index is 11.7. The molecule has 21 heavy (non-hydrogen) atoms. The van der Waals surface area contributed by atoms with Crippen molar-refractivity contribution in [1.29, 1.82) is 0 Å². The van der Waals surface area contributed by atoms with E-state index < -0.39 is 0 Å². The van der Waals surface area contributed by atoms with Crippen molar-refractivity contribution in [1.82, 2.24) is 5.32 Å². The molecule has 1 aromatic rings. The van der Waals surface area contributed by atoms with Gasteiger partial charge in [0.1, 0.15) is 0 Å². The Kier molecular flexibility index (Phi) is 9.88. The molecule has 0 spiro atoms. The molecule has 1 amide bonds. The molecule has 1 rings (SSSR count). The molecule has 0 bridgehead atoms. The van der Waals surface area contributed by atoms with Crippen LogP contribution >= 0.6 is 15.9 Å². The minimum atomic E-state index is -0.0103. The van der Waals surface area contributed by atoms with E-state index in [1.54, 1.807) is 6.08 Å². The number of hydrogen-bond acceptors (Lipinski definition) is 1. The van der Waals surface area contributed by atoms with Crippen LogP contribution in [0.25, 0.3) is 6.08 Å². The van der Waals surface area contributed by atoms with Crippen molar-refractivity contribution in [2.24, 2.45) is 0 Å². The summed E-state index contributed by atoms with van der Waals surface area (Å²) in [5.74, 6) is -0.0103. The molecule has 0 aliphatic carbocycles. The predicted molar refractivity (Wildman–Crippen MR) is 94.2 cm³/mol. The molecule has 0 saturated heterocycles. The number of rotatable bonds is 10. The molecule has 0 heterocycles. The molecule has 0 aromatic heterocycles. The monoisotopic (exact) mass is 351 g/mol. The molecule has 1 N–H and O–H groups in total. The molecule has 0 unspecified atom stereocenters. The molecule has 1 aromatic carbocycles. The maximum Gasteiger partial charge on any atom is 0.243 e. The fraction of sp³-hybridized carbons (Fsp3) is 0.500. The molecule has 0 fully saturated rings. The van der Waals surface area contributed by atoms with Gasteiger partial charge in [-0.05, 0) is 30.2 Å². The molecule has 3 heteroatoms. The van der Waals surface area contributed by atoms with E-state index in [0.717, 1.165) is 23.0 Å². The highest BCUT2D eigenvalue weighted by Gasteiger charge is 1.95. The summed E-state index contributed by atoms with van der Waals surface area (Å²) in [6.45, 7) is 3.01. The van der Waals surface area contributed by atoms with E-state index in [4.69, 9.17) is 0 Å². The third-order valence-electron chi connectivity index (χ3n) is 3.38. The third kappa shape index (κ3) is 9.46. The van der Waals surface area contributed by atoms with Gasteiger partial charge in [-0.3, -0.25) is 4.79 Å². The van der Waals surface area contributed by atoms with Gasteiger partial charge in [-0.2, -0.15) is 0 Å². The Bertz CT molecular complexity index is 425. The zero-order valence-electron chi connectivity index (χ0n) is 12.9. The van der Waals surface area contributed by atoms with Gasteiger partial charge >= 0.3 is 0 Å². The van der Waals surface area contributed by atoms with Crippen LogP contribution in [0.15, 0.2) is 34.8 Å². The van der Waals surface area contributed by atoms with Crippen molar-refractivity contribution in [3.8, 4) is 0 Å². The summed E-state index contributed by atoms with van der Waals surface area (Å²) in [5, 5.41) is 2.93. The van der Waals surface area contributed by atoms with E-state index in [1.807, 2.05) is 30.3 Å². The van der Waals surface area contributed by atoms with E-state index in [-0.39, 0.29) is 5.91 Å². The zero-order chi connectivity index (χ0) is 15.3. The van der Waals surface area contributed by atoms with E-state index >= 15 is 0 Å². The van der Waals surface area contributed by atoms with Crippen molar-refractivity contribution < 1.29 is 4.79 Å². The fourth-order valence-electron chi connectivity index (χ4n) is 2.10. The number of benzene rings is 1. The van der Waals surface area contributed by atoms with Crippen LogP contribution in [0, 0.1) is 0 Å². The third-order valence-corrected chi connectivity index (χ3v) is 3.91. The Morgan fingerprint density at radius 1 is 1.05 bits per heavy atom. The van der Waals surface area contributed by atoms with Crippen molar-refractivity contribution in [3.63, 3.8) is 0 Å². The summed E-state index contributed by atoms with van der Waals surface area (Å²) in [5.41, 5.74) is 1.03. The van der Waals surface area contributed by atoms with Crippen LogP contribution in [0.2, 0.25) is 0 Å². The molecule has 0 atom stereocenters. The van der Waals surface area contributed by atoms with E-state index in [9.17, 15) is 4.79 Å². The molecule has 0 saturated carbocycles. The van der Waals surface area contributed by atoms with Gasteiger partial charge in [0.15, 0.2) is 0 Å². The molecular formula is C18H26BrNO. The van der Waals surface area contributed by atoms with Crippen molar-refractivity contribution in [2.75, 3.05) is 6.54 Å². The van der Waals surface area contributed by atoms with Crippen molar-refractivity contribution in [2.45, 2.75) is 51.9 Å². The maximum atomic E-state index is 11.7. The Balaban J connectivity index is 2.07. The summed E-state index contributed by atoms with van der Waals surface area (Å²) in [4.78, 5) is 11.7. The molecule has 0 aliphatic rings. The van der Waals surface area contributed by atoms with E-state index in [2.05, 4.69) is 28.2 Å². The first kappa shape index (κ1) is 18.0. The lowest BCUT2D eigenvalue weighted by molar-refractivity contribution is -0.116. The lowest BCUT2D eigenvalue weighted by Crippen LogP contribution is -2.21. The molecule has 0 radical (unpaired) electrons. The minimum absolute atomic E-state index is 0.0103. The number of carbonyl (C=O) groups excluding carboxylic acids is 1. The minimum Gasteiger partial charge on any atom is -0.353 e. The highest BCUT2D eigenvalue weighted by atomic mass is 79.9. The lowest BCUT2D eigenvalue weighted by Gasteiger charge is -2.02. The highest BCUT2D eigenvalue weighted by Crippen LogP contribution is 2.11. The number of hydrogen-bond donors (Lipinski definition) is 1. The number of amides is 1. The number of carbonyl (C=O) groups is 1. The van der Waals surface area contributed by atoms with Crippen LogP contribution in [-0.2, 0) is 4.79 Å². The van der Waals surface area contributed by atoms with Gasteiger partial charge in [-0.1, -0.05) is 73.5 Å². The van der Waals surface area contributed by atoms with Crippen LogP contribution in [0.4, 0.5) is 0 Å². The van der Waals surface area contributed by atoms with Crippen molar-refractivity contribution in [3.05, 3.63) is 40.4 Å². The quantitative estimate of drug-likeness (QED) is 0.448. The van der Waals surface area contributed by atoms with Crippen LogP contribution in [0.5, 0.6) is 0 Å². The van der Waals surface area contributed by atoms with Crippen molar-refractivity contribution >= 4 is 27.9 Å². The summed E-state index contributed by atoms with van der Waals surface area (Å²) in [6, 6.07) is 7.89. The van der Waals surface area contributed by atoms with Gasteiger partial charge in [-0.15, -0.1) is 0 Å². The summed E-state index contributed by atoms with van der Waals surface area (Å²) in [7, 11) is 0. The van der Waals surface area contributed by atoms with Crippen LogP contribution in [-0.4, -0.2) is 12.5 Å². The average Bonchev–Trinajstić information content (AvgIpc) is 2.49. The number of unbranched alkanes of at least 4 members (excludes halogenated alkanes) is 6. The SMILES string of the molecule is CCCCCCCCCNC(=O)C=Cc1ccc(Br)cc1. The number of halogens is 1. The van der Waals surface area contributed by atoms with Gasteiger partial charge in [-0.25, -0.2) is 0 Å². The Morgan fingerprint density at radius 2 is 1.67 bits per heavy atom. The smallest absolute Gasteiger partial charge is 0.243 e. The van der Waals surface area contributed by atoms with Gasteiger partial charge in [0.2, 0.25) is 5.91 Å². The first-order valence-corrected chi connectivity index (χ1v) is 8.73. The molecule has 116 valence electrons. The van der Waals surface area contributed by atoms with E-state index in [1.165, 1.54) is 38.5 Å².